The minimum absolute atomic E-state index is 0.0846. The number of aryl methyl sites for hydroxylation is 1. The van der Waals surface area contributed by atoms with Crippen LogP contribution in [0.4, 0.5) is 5.69 Å². The molecule has 0 saturated heterocycles. The Bertz CT molecular complexity index is 595. The number of anilines is 1. The molecule has 0 amide bonds. The molecule has 0 radical (unpaired) electrons. The summed E-state index contributed by atoms with van der Waals surface area (Å²) in [5.74, 6) is -0.798. The monoisotopic (exact) mass is 305 g/mol. The molecule has 0 unspecified atom stereocenters. The molecule has 2 rings (SSSR count). The number of hydrogen-bond donors (Lipinski definition) is 3. The summed E-state index contributed by atoms with van der Waals surface area (Å²) in [5.41, 5.74) is 2.24. The van der Waals surface area contributed by atoms with E-state index in [1.807, 2.05) is 24.3 Å². The summed E-state index contributed by atoms with van der Waals surface area (Å²) in [4.78, 5) is 12.6. The molecule has 2 aromatic rings. The lowest BCUT2D eigenvalue weighted by Gasteiger charge is -2.07. The van der Waals surface area contributed by atoms with Gasteiger partial charge in [-0.05, 0) is 42.7 Å². The van der Waals surface area contributed by atoms with Gasteiger partial charge in [0, 0.05) is 28.6 Å². The predicted molar refractivity (Wildman–Crippen MR) is 84.8 cm³/mol. The van der Waals surface area contributed by atoms with Crippen molar-refractivity contribution in [2.45, 2.75) is 25.8 Å². The van der Waals surface area contributed by atoms with Crippen molar-refractivity contribution >= 4 is 23.0 Å². The van der Waals surface area contributed by atoms with Crippen LogP contribution in [0.25, 0.3) is 0 Å². The predicted octanol–water partition coefficient (Wildman–Crippen LogP) is 2.91. The van der Waals surface area contributed by atoms with E-state index < -0.39 is 5.97 Å². The van der Waals surface area contributed by atoms with Crippen molar-refractivity contribution in [3.63, 3.8) is 0 Å². The number of benzene rings is 1. The first-order chi connectivity index (χ1) is 10.2. The second-order valence-electron chi connectivity index (χ2n) is 4.82. The average molecular weight is 305 g/mol. The molecule has 0 bridgehead atoms. The Balaban J connectivity index is 1.90. The van der Waals surface area contributed by atoms with Crippen molar-refractivity contribution in [2.24, 2.45) is 0 Å². The van der Waals surface area contributed by atoms with E-state index in [1.165, 1.54) is 16.9 Å². The Morgan fingerprint density at radius 3 is 2.76 bits per heavy atom. The highest BCUT2D eigenvalue weighted by molar-refractivity contribution is 7.12. The lowest BCUT2D eigenvalue weighted by atomic mass is 10.1. The quantitative estimate of drug-likeness (QED) is 0.701. The molecule has 0 aliphatic carbocycles. The molecule has 0 spiro atoms. The maximum absolute atomic E-state index is 10.7. The lowest BCUT2D eigenvalue weighted by molar-refractivity contribution is -0.136. The van der Waals surface area contributed by atoms with E-state index in [0.29, 0.717) is 6.54 Å². The first-order valence-corrected chi connectivity index (χ1v) is 7.72. The topological polar surface area (TPSA) is 69.6 Å². The molecule has 1 aromatic carbocycles. The number of aliphatic hydroxyl groups is 1. The summed E-state index contributed by atoms with van der Waals surface area (Å²) in [6.45, 7) is 0.896. The summed E-state index contributed by atoms with van der Waals surface area (Å²) in [7, 11) is 0. The van der Waals surface area contributed by atoms with Crippen molar-refractivity contribution in [2.75, 3.05) is 11.9 Å². The van der Waals surface area contributed by atoms with Gasteiger partial charge in [0.1, 0.15) is 0 Å². The molecule has 0 atom stereocenters. The second-order valence-corrected chi connectivity index (χ2v) is 6.07. The Kier molecular flexibility index (Phi) is 5.78. The Labute approximate surface area is 128 Å². The lowest BCUT2D eigenvalue weighted by Crippen LogP contribution is -1.99. The molecular weight excluding hydrogens is 286 g/mol. The van der Waals surface area contributed by atoms with Gasteiger partial charge in [-0.15, -0.1) is 11.3 Å². The molecule has 0 aliphatic heterocycles. The fraction of sp³-hybridized carbons (Fsp3) is 0.312. The Morgan fingerprint density at radius 2 is 2.00 bits per heavy atom. The van der Waals surface area contributed by atoms with Crippen LogP contribution in [0.1, 0.15) is 21.7 Å². The average Bonchev–Trinajstić information content (AvgIpc) is 2.90. The summed E-state index contributed by atoms with van der Waals surface area (Å²) in [6, 6.07) is 12.0. The first kappa shape index (κ1) is 15.5. The minimum atomic E-state index is -0.798. The van der Waals surface area contributed by atoms with Gasteiger partial charge in [0.2, 0.25) is 0 Å². The van der Waals surface area contributed by atoms with E-state index in [1.54, 1.807) is 0 Å². The van der Waals surface area contributed by atoms with Crippen LogP contribution in [-0.2, 0) is 24.2 Å². The fourth-order valence-corrected chi connectivity index (χ4v) is 3.02. The zero-order chi connectivity index (χ0) is 15.1. The van der Waals surface area contributed by atoms with Gasteiger partial charge >= 0.3 is 5.97 Å². The molecule has 3 N–H and O–H groups in total. The van der Waals surface area contributed by atoms with Gasteiger partial charge in [-0.25, -0.2) is 0 Å². The smallest absolute Gasteiger partial charge is 0.308 e. The van der Waals surface area contributed by atoms with Crippen LogP contribution in [0.5, 0.6) is 0 Å². The second kappa shape index (κ2) is 7.81. The Hall–Kier alpha value is -1.85. The minimum Gasteiger partial charge on any atom is -0.481 e. The summed E-state index contributed by atoms with van der Waals surface area (Å²) < 4.78 is 0. The van der Waals surface area contributed by atoms with Gasteiger partial charge in [0.25, 0.3) is 0 Å². The van der Waals surface area contributed by atoms with E-state index >= 15 is 0 Å². The first-order valence-electron chi connectivity index (χ1n) is 6.90. The summed E-state index contributed by atoms with van der Waals surface area (Å²) >= 11 is 1.52. The van der Waals surface area contributed by atoms with Gasteiger partial charge < -0.3 is 15.5 Å². The van der Waals surface area contributed by atoms with Crippen LogP contribution in [0.3, 0.4) is 0 Å². The van der Waals surface area contributed by atoms with Crippen molar-refractivity contribution in [3.05, 3.63) is 51.7 Å². The maximum Gasteiger partial charge on any atom is 0.308 e. The molecule has 1 aromatic heterocycles. The van der Waals surface area contributed by atoms with Gasteiger partial charge in [-0.2, -0.15) is 0 Å². The third kappa shape index (κ3) is 5.21. The number of carboxylic acid groups (broad SMARTS) is 1. The third-order valence-corrected chi connectivity index (χ3v) is 4.15. The van der Waals surface area contributed by atoms with Crippen molar-refractivity contribution in [3.8, 4) is 0 Å². The molecule has 4 nitrogen and oxygen atoms in total. The van der Waals surface area contributed by atoms with Crippen molar-refractivity contribution < 1.29 is 15.0 Å². The Morgan fingerprint density at radius 1 is 1.19 bits per heavy atom. The number of thiophene rings is 1. The third-order valence-electron chi connectivity index (χ3n) is 3.06. The van der Waals surface area contributed by atoms with E-state index in [0.717, 1.165) is 28.3 Å². The highest BCUT2D eigenvalue weighted by atomic mass is 32.1. The van der Waals surface area contributed by atoms with Gasteiger partial charge in [-0.3, -0.25) is 4.79 Å². The van der Waals surface area contributed by atoms with Crippen LogP contribution in [0.15, 0.2) is 36.4 Å². The van der Waals surface area contributed by atoms with Crippen LogP contribution < -0.4 is 5.32 Å². The van der Waals surface area contributed by atoms with E-state index in [9.17, 15) is 4.79 Å². The summed E-state index contributed by atoms with van der Waals surface area (Å²) in [5, 5.41) is 21.0. The maximum atomic E-state index is 10.7. The van der Waals surface area contributed by atoms with Gasteiger partial charge in [-0.1, -0.05) is 12.1 Å². The molecule has 112 valence electrons. The molecule has 1 heterocycles. The van der Waals surface area contributed by atoms with Crippen molar-refractivity contribution in [1.29, 1.82) is 0 Å². The standard InChI is InChI=1S/C16H19NO3S/c18-8-2-4-12-3-1-5-13(9-12)17-11-15-7-6-14(21-15)10-16(19)20/h1,3,5-7,9,17-18H,2,4,8,10-11H2,(H,19,20). The SMILES string of the molecule is O=C(O)Cc1ccc(CNc2cccc(CCCO)c2)s1. The van der Waals surface area contributed by atoms with E-state index in [2.05, 4.69) is 17.4 Å². The van der Waals surface area contributed by atoms with Gasteiger partial charge in [0.05, 0.1) is 6.42 Å². The number of aliphatic hydroxyl groups excluding tert-OH is 1. The van der Waals surface area contributed by atoms with Crippen LogP contribution in [0, 0.1) is 0 Å². The molecule has 0 fully saturated rings. The highest BCUT2D eigenvalue weighted by Gasteiger charge is 2.04. The highest BCUT2D eigenvalue weighted by Crippen LogP contribution is 2.19. The summed E-state index contributed by atoms with van der Waals surface area (Å²) in [6.07, 6.45) is 1.72. The van der Waals surface area contributed by atoms with Crippen LogP contribution in [-0.4, -0.2) is 22.8 Å². The zero-order valence-electron chi connectivity index (χ0n) is 11.7. The zero-order valence-corrected chi connectivity index (χ0v) is 12.5. The number of carbonyl (C=O) groups is 1. The number of rotatable bonds is 8. The van der Waals surface area contributed by atoms with E-state index in [4.69, 9.17) is 10.2 Å². The number of hydrogen-bond acceptors (Lipinski definition) is 4. The normalized spacial score (nSPS) is 10.5. The fourth-order valence-electron chi connectivity index (χ4n) is 2.07. The van der Waals surface area contributed by atoms with Crippen LogP contribution in [0.2, 0.25) is 0 Å². The molecule has 0 saturated carbocycles. The molecule has 21 heavy (non-hydrogen) atoms. The van der Waals surface area contributed by atoms with Crippen LogP contribution >= 0.6 is 11.3 Å². The van der Waals surface area contributed by atoms with E-state index in [-0.39, 0.29) is 13.0 Å². The number of carboxylic acids is 1. The number of nitrogens with one attached hydrogen (secondary N) is 1. The number of aliphatic carboxylic acids is 1. The largest absolute Gasteiger partial charge is 0.481 e. The van der Waals surface area contributed by atoms with Gasteiger partial charge in [0.15, 0.2) is 0 Å². The molecule has 0 aliphatic rings. The molecular formula is C16H19NO3S. The molecule has 5 heteroatoms. The van der Waals surface area contributed by atoms with Crippen molar-refractivity contribution in [1.82, 2.24) is 0 Å².